The van der Waals surface area contributed by atoms with E-state index in [2.05, 4.69) is 111 Å². The molecule has 3 aromatic carbocycles. The molecule has 188 valence electrons. The van der Waals surface area contributed by atoms with Crippen molar-refractivity contribution < 1.29 is 9.47 Å². The molecule has 0 spiro atoms. The normalized spacial score (nSPS) is 23.5. The summed E-state index contributed by atoms with van der Waals surface area (Å²) < 4.78 is 12.1. The van der Waals surface area contributed by atoms with Crippen LogP contribution in [0.1, 0.15) is 48.9 Å². The Morgan fingerprint density at radius 1 is 0.973 bits per heavy atom. The van der Waals surface area contributed by atoms with Crippen LogP contribution in [-0.2, 0) is 13.0 Å². The number of allylic oxidation sites excluding steroid dienone is 2. The minimum absolute atomic E-state index is 0.0292. The molecular weight excluding hydrogens is 454 g/mol. The first-order valence-corrected chi connectivity index (χ1v) is 13.3. The number of ether oxygens (including phenoxy) is 2. The van der Waals surface area contributed by atoms with Crippen molar-refractivity contribution in [2.75, 3.05) is 7.11 Å². The molecule has 0 bridgehead atoms. The van der Waals surface area contributed by atoms with Crippen molar-refractivity contribution >= 4 is 5.57 Å². The van der Waals surface area contributed by atoms with E-state index >= 15 is 0 Å². The maximum atomic E-state index is 6.25. The van der Waals surface area contributed by atoms with Crippen LogP contribution in [0.5, 0.6) is 11.5 Å². The molecule has 3 aliphatic rings. The van der Waals surface area contributed by atoms with E-state index in [9.17, 15) is 0 Å². The van der Waals surface area contributed by atoms with Gasteiger partial charge in [-0.3, -0.25) is 0 Å². The molecule has 3 heteroatoms. The second-order valence-corrected chi connectivity index (χ2v) is 11.1. The summed E-state index contributed by atoms with van der Waals surface area (Å²) in [4.78, 5) is 0. The number of hydrogen-bond donors (Lipinski definition) is 1. The second kappa shape index (κ2) is 9.39. The average molecular weight is 490 g/mol. The molecule has 0 saturated heterocycles. The van der Waals surface area contributed by atoms with Crippen LogP contribution in [0.15, 0.2) is 102 Å². The molecule has 6 rings (SSSR count). The lowest BCUT2D eigenvalue weighted by Gasteiger charge is -2.46. The highest BCUT2D eigenvalue weighted by atomic mass is 16.5. The molecule has 1 heterocycles. The van der Waals surface area contributed by atoms with Gasteiger partial charge in [0.2, 0.25) is 0 Å². The fourth-order valence-corrected chi connectivity index (χ4v) is 6.60. The third kappa shape index (κ3) is 4.42. The zero-order valence-corrected chi connectivity index (χ0v) is 22.1. The van der Waals surface area contributed by atoms with Crippen molar-refractivity contribution in [1.82, 2.24) is 5.32 Å². The molecule has 37 heavy (non-hydrogen) atoms. The molecule has 0 aromatic heterocycles. The highest BCUT2D eigenvalue weighted by molar-refractivity contribution is 5.87. The van der Waals surface area contributed by atoms with Gasteiger partial charge in [-0.25, -0.2) is 0 Å². The van der Waals surface area contributed by atoms with E-state index in [-0.39, 0.29) is 17.5 Å². The molecule has 1 aliphatic heterocycles. The largest absolute Gasteiger partial charge is 0.496 e. The number of rotatable bonds is 5. The minimum Gasteiger partial charge on any atom is -0.496 e. The van der Waals surface area contributed by atoms with E-state index in [1.165, 1.54) is 39.0 Å². The van der Waals surface area contributed by atoms with Crippen LogP contribution in [-0.4, -0.2) is 18.7 Å². The fraction of sp³-hybridized carbons (Fsp3) is 0.294. The van der Waals surface area contributed by atoms with Gasteiger partial charge in [-0.1, -0.05) is 78.4 Å². The number of benzene rings is 3. The molecule has 0 saturated carbocycles. The molecule has 0 amide bonds. The molecule has 3 nitrogen and oxygen atoms in total. The van der Waals surface area contributed by atoms with Gasteiger partial charge in [-0.05, 0) is 73.2 Å². The highest BCUT2D eigenvalue weighted by Gasteiger charge is 2.42. The Hall–Kier alpha value is -3.56. The number of hydrogen-bond acceptors (Lipinski definition) is 3. The second-order valence-electron chi connectivity index (χ2n) is 11.1. The Morgan fingerprint density at radius 2 is 1.78 bits per heavy atom. The minimum atomic E-state index is -0.0292. The third-order valence-corrected chi connectivity index (χ3v) is 8.00. The number of nitrogens with one attached hydrogen (secondary N) is 1. The van der Waals surface area contributed by atoms with Crippen LogP contribution in [0, 0.1) is 5.92 Å². The summed E-state index contributed by atoms with van der Waals surface area (Å²) in [6.45, 7) is 7.39. The van der Waals surface area contributed by atoms with Crippen molar-refractivity contribution in [2.24, 2.45) is 5.92 Å². The smallest absolute Gasteiger partial charge is 0.126 e. The molecule has 0 fully saturated rings. The first-order chi connectivity index (χ1) is 17.9. The first kappa shape index (κ1) is 23.8. The van der Waals surface area contributed by atoms with E-state index in [1.807, 2.05) is 6.07 Å². The van der Waals surface area contributed by atoms with Crippen molar-refractivity contribution in [3.63, 3.8) is 0 Å². The molecule has 3 unspecified atom stereocenters. The van der Waals surface area contributed by atoms with Crippen molar-refractivity contribution in [3.8, 4) is 11.5 Å². The summed E-state index contributed by atoms with van der Waals surface area (Å²) in [6.07, 6.45) is 8.05. The fourth-order valence-electron chi connectivity index (χ4n) is 6.60. The van der Waals surface area contributed by atoms with Gasteiger partial charge in [0, 0.05) is 29.0 Å². The zero-order valence-electron chi connectivity index (χ0n) is 22.1. The lowest BCUT2D eigenvalue weighted by molar-refractivity contribution is 0.305. The van der Waals surface area contributed by atoms with E-state index in [4.69, 9.17) is 9.47 Å². The zero-order chi connectivity index (χ0) is 25.6. The summed E-state index contributed by atoms with van der Waals surface area (Å²) in [7, 11) is 1.78. The summed E-state index contributed by atoms with van der Waals surface area (Å²) in [5.74, 6) is 2.44. The summed E-state index contributed by atoms with van der Waals surface area (Å²) in [5, 5.41) is 3.88. The van der Waals surface area contributed by atoms with E-state index in [0.717, 1.165) is 17.9 Å². The lowest BCUT2D eigenvalue weighted by atomic mass is 9.64. The Balaban J connectivity index is 1.44. The lowest BCUT2D eigenvalue weighted by Crippen LogP contribution is -2.53. The van der Waals surface area contributed by atoms with E-state index in [1.54, 1.807) is 7.11 Å². The monoisotopic (exact) mass is 489 g/mol. The maximum Gasteiger partial charge on any atom is 0.126 e. The van der Waals surface area contributed by atoms with Crippen LogP contribution in [0.4, 0.5) is 0 Å². The van der Waals surface area contributed by atoms with Gasteiger partial charge in [0.25, 0.3) is 0 Å². The van der Waals surface area contributed by atoms with Gasteiger partial charge in [0.05, 0.1) is 7.11 Å². The van der Waals surface area contributed by atoms with Gasteiger partial charge in [0.15, 0.2) is 0 Å². The Kier molecular flexibility index (Phi) is 6.04. The Bertz CT molecular complexity index is 1410. The maximum absolute atomic E-state index is 6.25. The summed E-state index contributed by atoms with van der Waals surface area (Å²) >= 11 is 0. The van der Waals surface area contributed by atoms with Crippen LogP contribution >= 0.6 is 0 Å². The van der Waals surface area contributed by atoms with Crippen LogP contribution in [0.25, 0.3) is 5.57 Å². The molecule has 3 atom stereocenters. The first-order valence-electron chi connectivity index (χ1n) is 13.3. The summed E-state index contributed by atoms with van der Waals surface area (Å²) in [6, 6.07) is 25.8. The quantitative estimate of drug-likeness (QED) is 0.383. The highest BCUT2D eigenvalue weighted by Crippen LogP contribution is 2.52. The Labute approximate surface area is 220 Å². The van der Waals surface area contributed by atoms with Crippen LogP contribution in [0.2, 0.25) is 0 Å². The molecule has 1 N–H and O–H groups in total. The molecule has 0 radical (unpaired) electrons. The van der Waals surface area contributed by atoms with Gasteiger partial charge in [0.1, 0.15) is 18.1 Å². The summed E-state index contributed by atoms with van der Waals surface area (Å²) in [5.41, 5.74) is 9.28. The van der Waals surface area contributed by atoms with Gasteiger partial charge >= 0.3 is 0 Å². The predicted molar refractivity (Wildman–Crippen MR) is 151 cm³/mol. The van der Waals surface area contributed by atoms with Crippen molar-refractivity contribution in [2.45, 2.75) is 51.3 Å². The standard InChI is InChI=1S/C34H35NO2/c1-22-20-34(2,3)35-29-17-16-27-32-25(13-9-15-30(32)36-4)19-28(33(27)31(22)29)24-12-8-14-26(18-24)37-21-23-10-6-5-7-11-23/h5-18,20,28-29,31,35H,19,21H2,1-4H3. The van der Waals surface area contributed by atoms with E-state index in [0.29, 0.717) is 12.5 Å². The van der Waals surface area contributed by atoms with Crippen molar-refractivity contribution in [3.05, 3.63) is 124 Å². The third-order valence-electron chi connectivity index (χ3n) is 8.00. The Morgan fingerprint density at radius 3 is 2.59 bits per heavy atom. The number of methoxy groups -OCH3 is 1. The molecular formula is C34H35NO2. The topological polar surface area (TPSA) is 30.5 Å². The van der Waals surface area contributed by atoms with Crippen LogP contribution in [0.3, 0.4) is 0 Å². The van der Waals surface area contributed by atoms with Gasteiger partial charge in [-0.15, -0.1) is 0 Å². The molecule has 3 aromatic rings. The molecule has 2 aliphatic carbocycles. The van der Waals surface area contributed by atoms with Gasteiger partial charge < -0.3 is 14.8 Å². The number of fused-ring (bicyclic) bond motifs is 4. The van der Waals surface area contributed by atoms with Crippen molar-refractivity contribution in [1.29, 1.82) is 0 Å². The van der Waals surface area contributed by atoms with Gasteiger partial charge in [-0.2, -0.15) is 0 Å². The van der Waals surface area contributed by atoms with E-state index < -0.39 is 0 Å². The predicted octanol–water partition coefficient (Wildman–Crippen LogP) is 7.25. The SMILES string of the molecule is COc1cccc2c1C1=C(C(c3cccc(OCc4ccccc4)c3)C2)C2C(C)=CC(C)(C)NC2C=C1. The van der Waals surface area contributed by atoms with Crippen LogP contribution < -0.4 is 14.8 Å². The average Bonchev–Trinajstić information content (AvgIpc) is 2.90.